The Bertz CT molecular complexity index is 1420. The van der Waals surface area contributed by atoms with Crippen LogP contribution in [0.15, 0.2) is 122 Å². The highest BCUT2D eigenvalue weighted by Gasteiger charge is 2.19. The molecule has 0 aliphatic heterocycles. The van der Waals surface area contributed by atoms with Gasteiger partial charge in [0.1, 0.15) is 13.2 Å². The number of rotatable bonds is 46. The van der Waals surface area contributed by atoms with E-state index in [1.165, 1.54) is 70.6 Å². The van der Waals surface area contributed by atoms with Crippen molar-refractivity contribution in [2.75, 3.05) is 13.2 Å². The monoisotopic (exact) mass is 913 g/mol. The van der Waals surface area contributed by atoms with Crippen molar-refractivity contribution in [3.63, 3.8) is 0 Å². The van der Waals surface area contributed by atoms with Crippen LogP contribution in [0.3, 0.4) is 0 Å². The van der Waals surface area contributed by atoms with E-state index in [0.29, 0.717) is 19.3 Å². The fourth-order valence-corrected chi connectivity index (χ4v) is 6.90. The van der Waals surface area contributed by atoms with Gasteiger partial charge in [-0.25, -0.2) is 0 Å². The number of carbonyl (C=O) groups is 3. The Labute approximate surface area is 405 Å². The third-order valence-electron chi connectivity index (χ3n) is 10.8. The Morgan fingerprint density at radius 1 is 0.333 bits per heavy atom. The molecule has 0 radical (unpaired) electrons. The molecule has 1 unspecified atom stereocenters. The van der Waals surface area contributed by atoms with Crippen molar-refractivity contribution in [3.8, 4) is 0 Å². The summed E-state index contributed by atoms with van der Waals surface area (Å²) in [5, 5.41) is 0. The fraction of sp³-hybridized carbons (Fsp3) is 0.617. The molecular weight excluding hydrogens is 817 g/mol. The number of unbranched alkanes of at least 4 members (excludes halogenated alkanes) is 19. The van der Waals surface area contributed by atoms with Crippen molar-refractivity contribution in [2.45, 2.75) is 226 Å². The highest BCUT2D eigenvalue weighted by molar-refractivity contribution is 5.71. The van der Waals surface area contributed by atoms with Crippen LogP contribution in [0.4, 0.5) is 0 Å². The van der Waals surface area contributed by atoms with Gasteiger partial charge in [0.25, 0.3) is 0 Å². The minimum atomic E-state index is -0.816. The van der Waals surface area contributed by atoms with Gasteiger partial charge in [-0.15, -0.1) is 0 Å². The second-order valence-electron chi connectivity index (χ2n) is 17.2. The first-order valence-electron chi connectivity index (χ1n) is 26.6. The maximum Gasteiger partial charge on any atom is 0.306 e. The molecule has 0 saturated heterocycles. The SMILES string of the molecule is CC\C=C/C=C\C=C/C=C\C=C/CCCCCC(=O)OC(COC(=O)CCCCC/C=C\C/C=C\C/C=C\C/C=C\C/C=C\CC)COC(=O)CCCCCCCCCCCCCCCC. The van der Waals surface area contributed by atoms with E-state index >= 15 is 0 Å². The third kappa shape index (κ3) is 50.8. The average Bonchev–Trinajstić information content (AvgIpc) is 3.31. The molecule has 0 amide bonds. The van der Waals surface area contributed by atoms with E-state index in [1.54, 1.807) is 0 Å². The van der Waals surface area contributed by atoms with Crippen LogP contribution in [0.1, 0.15) is 220 Å². The minimum absolute atomic E-state index is 0.108. The maximum absolute atomic E-state index is 12.8. The van der Waals surface area contributed by atoms with Crippen LogP contribution < -0.4 is 0 Å². The average molecular weight is 913 g/mol. The van der Waals surface area contributed by atoms with Gasteiger partial charge in [0.05, 0.1) is 0 Å². The number of esters is 3. The molecule has 66 heavy (non-hydrogen) atoms. The number of carbonyl (C=O) groups excluding carboxylic acids is 3. The van der Waals surface area contributed by atoms with Crippen molar-refractivity contribution < 1.29 is 28.6 Å². The predicted octanol–water partition coefficient (Wildman–Crippen LogP) is 17.7. The van der Waals surface area contributed by atoms with E-state index in [-0.39, 0.29) is 37.5 Å². The molecule has 6 heteroatoms. The van der Waals surface area contributed by atoms with E-state index in [0.717, 1.165) is 103 Å². The summed E-state index contributed by atoms with van der Waals surface area (Å²) in [6.07, 6.45) is 73.2. The molecule has 0 aromatic carbocycles. The standard InChI is InChI=1S/C60H96O6/c1-4-7-10-13-16-19-22-25-28-29-30-31-33-35-38-41-44-47-50-53-59(62)65-56-57(55-64-58(61)52-49-46-43-40-37-34-27-24-21-18-15-12-9-6-3)66-60(63)54-51-48-45-42-39-36-32-26-23-20-17-14-11-8-5-2/h7-8,10-11,14,16-17,19-20,23,25-26,28,30-32,35-36,38-39,57H,4-6,9,12-13,15,18,21-22,24,27,29,33-34,37,40-56H2,1-3H3/b10-7-,11-8-,17-14-,19-16-,23-20-,28-25-,31-30-,32-26-,38-35-,39-36-. The van der Waals surface area contributed by atoms with Gasteiger partial charge >= 0.3 is 17.9 Å². The Hall–Kier alpha value is -4.19. The normalized spacial score (nSPS) is 13.1. The summed E-state index contributed by atoms with van der Waals surface area (Å²) in [5.41, 5.74) is 0. The van der Waals surface area contributed by atoms with E-state index in [9.17, 15) is 14.4 Å². The van der Waals surface area contributed by atoms with E-state index in [1.807, 2.05) is 48.6 Å². The lowest BCUT2D eigenvalue weighted by Crippen LogP contribution is -2.30. The van der Waals surface area contributed by atoms with Gasteiger partial charge in [-0.2, -0.15) is 0 Å². The molecule has 0 N–H and O–H groups in total. The summed E-state index contributed by atoms with van der Waals surface area (Å²) in [6, 6.07) is 0. The zero-order chi connectivity index (χ0) is 47.9. The van der Waals surface area contributed by atoms with Crippen molar-refractivity contribution in [3.05, 3.63) is 122 Å². The van der Waals surface area contributed by atoms with Crippen molar-refractivity contribution in [2.24, 2.45) is 0 Å². The third-order valence-corrected chi connectivity index (χ3v) is 10.8. The Kier molecular flexibility index (Phi) is 50.0. The van der Waals surface area contributed by atoms with Gasteiger partial charge in [-0.05, 0) is 83.5 Å². The van der Waals surface area contributed by atoms with Gasteiger partial charge in [0.15, 0.2) is 6.10 Å². The van der Waals surface area contributed by atoms with Crippen LogP contribution in [0.5, 0.6) is 0 Å². The Balaban J connectivity index is 4.53. The molecule has 0 fully saturated rings. The van der Waals surface area contributed by atoms with E-state index in [2.05, 4.69) is 93.7 Å². The van der Waals surface area contributed by atoms with Crippen LogP contribution >= 0.6 is 0 Å². The lowest BCUT2D eigenvalue weighted by Gasteiger charge is -2.18. The summed E-state index contributed by atoms with van der Waals surface area (Å²) < 4.78 is 16.8. The molecule has 0 rings (SSSR count). The molecule has 0 aliphatic rings. The quantitative estimate of drug-likeness (QED) is 0.0199. The van der Waals surface area contributed by atoms with Crippen molar-refractivity contribution >= 4 is 17.9 Å². The van der Waals surface area contributed by atoms with Gasteiger partial charge < -0.3 is 14.2 Å². The molecule has 0 bridgehead atoms. The van der Waals surface area contributed by atoms with Crippen molar-refractivity contribution in [1.29, 1.82) is 0 Å². The largest absolute Gasteiger partial charge is 0.462 e. The summed E-state index contributed by atoms with van der Waals surface area (Å²) >= 11 is 0. The zero-order valence-corrected chi connectivity index (χ0v) is 42.4. The summed E-state index contributed by atoms with van der Waals surface area (Å²) in [7, 11) is 0. The van der Waals surface area contributed by atoms with Crippen LogP contribution in [0, 0.1) is 0 Å². The predicted molar refractivity (Wildman–Crippen MR) is 283 cm³/mol. The van der Waals surface area contributed by atoms with Gasteiger partial charge in [0.2, 0.25) is 0 Å². The lowest BCUT2D eigenvalue weighted by atomic mass is 10.0. The highest BCUT2D eigenvalue weighted by atomic mass is 16.6. The molecule has 0 aromatic rings. The minimum Gasteiger partial charge on any atom is -0.462 e. The molecule has 0 saturated carbocycles. The Morgan fingerprint density at radius 3 is 1.11 bits per heavy atom. The molecule has 0 aliphatic carbocycles. The Morgan fingerprint density at radius 2 is 0.667 bits per heavy atom. The maximum atomic E-state index is 12.8. The summed E-state index contributed by atoms with van der Waals surface area (Å²) in [4.78, 5) is 38.0. The van der Waals surface area contributed by atoms with Crippen molar-refractivity contribution in [1.82, 2.24) is 0 Å². The van der Waals surface area contributed by atoms with Crippen LogP contribution in [0.2, 0.25) is 0 Å². The first kappa shape index (κ1) is 61.8. The number of ether oxygens (including phenoxy) is 3. The molecular formula is C60H96O6. The second-order valence-corrected chi connectivity index (χ2v) is 17.2. The molecule has 0 aromatic heterocycles. The van der Waals surface area contributed by atoms with Crippen LogP contribution in [0.25, 0.3) is 0 Å². The first-order valence-corrected chi connectivity index (χ1v) is 26.6. The first-order chi connectivity index (χ1) is 32.5. The smallest absolute Gasteiger partial charge is 0.306 e. The van der Waals surface area contributed by atoms with E-state index < -0.39 is 6.10 Å². The molecule has 0 spiro atoms. The zero-order valence-electron chi connectivity index (χ0n) is 42.4. The summed E-state index contributed by atoms with van der Waals surface area (Å²) in [6.45, 7) is 6.31. The summed E-state index contributed by atoms with van der Waals surface area (Å²) in [5.74, 6) is -0.988. The molecule has 372 valence electrons. The van der Waals surface area contributed by atoms with Gasteiger partial charge in [-0.1, -0.05) is 239 Å². The second kappa shape index (κ2) is 53.4. The van der Waals surface area contributed by atoms with E-state index in [4.69, 9.17) is 14.2 Å². The fourth-order valence-electron chi connectivity index (χ4n) is 6.90. The van der Waals surface area contributed by atoms with Crippen LogP contribution in [-0.4, -0.2) is 37.2 Å². The van der Waals surface area contributed by atoms with Gasteiger partial charge in [0, 0.05) is 19.3 Å². The number of hydrogen-bond acceptors (Lipinski definition) is 6. The number of hydrogen-bond donors (Lipinski definition) is 0. The number of allylic oxidation sites excluding steroid dienone is 20. The molecule has 0 heterocycles. The topological polar surface area (TPSA) is 78.9 Å². The highest BCUT2D eigenvalue weighted by Crippen LogP contribution is 2.14. The molecule has 6 nitrogen and oxygen atoms in total. The van der Waals surface area contributed by atoms with Gasteiger partial charge in [-0.3, -0.25) is 14.4 Å². The van der Waals surface area contributed by atoms with Crippen LogP contribution in [-0.2, 0) is 28.6 Å². The lowest BCUT2D eigenvalue weighted by molar-refractivity contribution is -0.167. The molecule has 1 atom stereocenters.